The van der Waals surface area contributed by atoms with Crippen molar-refractivity contribution in [1.29, 1.82) is 0 Å². The molecule has 0 heterocycles. The lowest BCUT2D eigenvalue weighted by molar-refractivity contribution is -0.146. The smallest absolute Gasteiger partial charge is 0.308 e. The van der Waals surface area contributed by atoms with Gasteiger partial charge in [0.25, 0.3) is 0 Å². The largest absolute Gasteiger partial charge is 0.481 e. The summed E-state index contributed by atoms with van der Waals surface area (Å²) in [6.45, 7) is 4.39. The highest BCUT2D eigenvalue weighted by Gasteiger charge is 2.36. The lowest BCUT2D eigenvalue weighted by atomic mass is 9.79. The van der Waals surface area contributed by atoms with Crippen molar-refractivity contribution in [2.45, 2.75) is 70.9 Å². The first-order valence-electron chi connectivity index (χ1n) is 6.64. The fourth-order valence-electron chi connectivity index (χ4n) is 2.32. The second-order valence-electron chi connectivity index (χ2n) is 5.05. The third-order valence-corrected chi connectivity index (χ3v) is 3.58. The summed E-state index contributed by atoms with van der Waals surface area (Å²) < 4.78 is 0. The Balaban J connectivity index is 2.09. The number of hydrogen-bond donors (Lipinski definition) is 2. The first-order chi connectivity index (χ1) is 7.65. The van der Waals surface area contributed by atoms with Gasteiger partial charge in [0.05, 0.1) is 5.92 Å². The van der Waals surface area contributed by atoms with Crippen LogP contribution in [0, 0.1) is 5.92 Å². The van der Waals surface area contributed by atoms with E-state index in [0.717, 1.165) is 12.8 Å². The molecule has 0 aliphatic heterocycles. The summed E-state index contributed by atoms with van der Waals surface area (Å²) in [4.78, 5) is 10.8. The molecule has 0 aromatic carbocycles. The van der Waals surface area contributed by atoms with Crippen LogP contribution in [-0.2, 0) is 4.79 Å². The topological polar surface area (TPSA) is 49.3 Å². The van der Waals surface area contributed by atoms with Gasteiger partial charge in [-0.1, -0.05) is 32.6 Å². The van der Waals surface area contributed by atoms with Crippen molar-refractivity contribution < 1.29 is 9.90 Å². The van der Waals surface area contributed by atoms with Crippen LogP contribution in [0.15, 0.2) is 0 Å². The van der Waals surface area contributed by atoms with Gasteiger partial charge in [-0.15, -0.1) is 0 Å². The Bertz CT molecular complexity index is 218. The Labute approximate surface area is 98.6 Å². The highest BCUT2D eigenvalue weighted by molar-refractivity contribution is 5.72. The van der Waals surface area contributed by atoms with E-state index in [1.165, 1.54) is 32.1 Å². The fourth-order valence-corrected chi connectivity index (χ4v) is 2.32. The van der Waals surface area contributed by atoms with Crippen molar-refractivity contribution in [1.82, 2.24) is 5.32 Å². The third kappa shape index (κ3) is 4.12. The number of carbonyl (C=O) groups is 1. The van der Waals surface area contributed by atoms with Crippen molar-refractivity contribution >= 4 is 5.97 Å². The van der Waals surface area contributed by atoms with Crippen LogP contribution in [0.4, 0.5) is 0 Å². The molecule has 1 aliphatic carbocycles. The molecule has 3 unspecified atom stereocenters. The van der Waals surface area contributed by atoms with Crippen molar-refractivity contribution in [3.05, 3.63) is 0 Å². The molecular formula is C13H25NO2. The maximum absolute atomic E-state index is 10.8. The number of rotatable bonds is 8. The van der Waals surface area contributed by atoms with Gasteiger partial charge < -0.3 is 10.4 Å². The summed E-state index contributed by atoms with van der Waals surface area (Å²) >= 11 is 0. The fraction of sp³-hybridized carbons (Fsp3) is 0.923. The minimum atomic E-state index is -0.637. The molecule has 2 N–H and O–H groups in total. The molecule has 3 atom stereocenters. The Kier molecular flexibility index (Phi) is 5.81. The molecule has 3 heteroatoms. The number of carboxylic acid groups (broad SMARTS) is 1. The van der Waals surface area contributed by atoms with Gasteiger partial charge in [-0.2, -0.15) is 0 Å². The predicted molar refractivity (Wildman–Crippen MR) is 65.5 cm³/mol. The van der Waals surface area contributed by atoms with Gasteiger partial charge in [-0.3, -0.25) is 4.79 Å². The second-order valence-corrected chi connectivity index (χ2v) is 5.05. The van der Waals surface area contributed by atoms with Crippen molar-refractivity contribution in [2.24, 2.45) is 5.92 Å². The summed E-state index contributed by atoms with van der Waals surface area (Å²) in [5, 5.41) is 12.4. The molecule has 1 aliphatic rings. The van der Waals surface area contributed by atoms with Crippen LogP contribution in [-0.4, -0.2) is 23.2 Å². The van der Waals surface area contributed by atoms with E-state index in [2.05, 4.69) is 19.2 Å². The highest BCUT2D eigenvalue weighted by atomic mass is 16.4. The number of unbranched alkanes of at least 4 members (excludes halogenated alkanes) is 3. The van der Waals surface area contributed by atoms with Gasteiger partial charge in [0, 0.05) is 12.1 Å². The van der Waals surface area contributed by atoms with E-state index in [-0.39, 0.29) is 12.0 Å². The van der Waals surface area contributed by atoms with E-state index in [4.69, 9.17) is 5.11 Å². The van der Waals surface area contributed by atoms with Crippen molar-refractivity contribution in [2.75, 3.05) is 0 Å². The molecule has 0 bridgehead atoms. The monoisotopic (exact) mass is 227 g/mol. The van der Waals surface area contributed by atoms with E-state index in [1.54, 1.807) is 0 Å². The molecule has 0 aromatic rings. The molecule has 1 rings (SSSR count). The van der Waals surface area contributed by atoms with Gasteiger partial charge in [-0.25, -0.2) is 0 Å². The third-order valence-electron chi connectivity index (χ3n) is 3.58. The van der Waals surface area contributed by atoms with E-state index >= 15 is 0 Å². The Hall–Kier alpha value is -0.570. The Morgan fingerprint density at radius 3 is 2.62 bits per heavy atom. The Morgan fingerprint density at radius 2 is 2.12 bits per heavy atom. The van der Waals surface area contributed by atoms with Crippen LogP contribution < -0.4 is 5.32 Å². The summed E-state index contributed by atoms with van der Waals surface area (Å²) in [6.07, 6.45) is 8.18. The molecule has 1 fully saturated rings. The standard InChI is InChI=1S/C13H25NO2/c1-3-4-5-6-7-10(2)14-12-9-8-11(12)13(15)16/h10-12,14H,3-9H2,1-2H3,(H,15,16). The zero-order chi connectivity index (χ0) is 12.0. The van der Waals surface area contributed by atoms with Crippen LogP contribution in [0.3, 0.4) is 0 Å². The second kappa shape index (κ2) is 6.89. The summed E-state index contributed by atoms with van der Waals surface area (Å²) in [6, 6.07) is 0.683. The van der Waals surface area contributed by atoms with E-state index in [1.807, 2.05) is 0 Å². The molecule has 0 radical (unpaired) electrons. The summed E-state index contributed by atoms with van der Waals surface area (Å²) in [5.74, 6) is -0.778. The lowest BCUT2D eigenvalue weighted by Gasteiger charge is -2.36. The molecule has 0 saturated heterocycles. The SMILES string of the molecule is CCCCCCC(C)NC1CCC1C(=O)O. The van der Waals surface area contributed by atoms with Gasteiger partial charge in [0.2, 0.25) is 0 Å². The van der Waals surface area contributed by atoms with Gasteiger partial charge in [-0.05, 0) is 26.2 Å². The molecule has 1 saturated carbocycles. The quantitative estimate of drug-likeness (QED) is 0.627. The van der Waals surface area contributed by atoms with Crippen molar-refractivity contribution in [3.8, 4) is 0 Å². The van der Waals surface area contributed by atoms with E-state index < -0.39 is 5.97 Å². The summed E-state index contributed by atoms with van der Waals surface area (Å²) in [5.41, 5.74) is 0. The van der Waals surface area contributed by atoms with Crippen molar-refractivity contribution in [3.63, 3.8) is 0 Å². The van der Waals surface area contributed by atoms with Crippen LogP contribution in [0.5, 0.6) is 0 Å². The van der Waals surface area contributed by atoms with E-state index in [9.17, 15) is 4.79 Å². The number of nitrogens with one attached hydrogen (secondary N) is 1. The number of hydrogen-bond acceptors (Lipinski definition) is 2. The number of carboxylic acids is 1. The minimum absolute atomic E-state index is 0.141. The molecule has 0 aromatic heterocycles. The summed E-state index contributed by atoms with van der Waals surface area (Å²) in [7, 11) is 0. The maximum atomic E-state index is 10.8. The van der Waals surface area contributed by atoms with Crippen LogP contribution in [0.2, 0.25) is 0 Å². The first-order valence-corrected chi connectivity index (χ1v) is 6.64. The average molecular weight is 227 g/mol. The molecular weight excluding hydrogens is 202 g/mol. The maximum Gasteiger partial charge on any atom is 0.308 e. The molecule has 3 nitrogen and oxygen atoms in total. The van der Waals surface area contributed by atoms with Gasteiger partial charge >= 0.3 is 5.97 Å². The lowest BCUT2D eigenvalue weighted by Crippen LogP contribution is -2.50. The zero-order valence-electron chi connectivity index (χ0n) is 10.5. The average Bonchev–Trinajstić information content (AvgIpc) is 2.18. The predicted octanol–water partition coefficient (Wildman–Crippen LogP) is 2.80. The molecule has 0 spiro atoms. The molecule has 94 valence electrons. The van der Waals surface area contributed by atoms with Crippen LogP contribution in [0.1, 0.15) is 58.8 Å². The van der Waals surface area contributed by atoms with Gasteiger partial charge in [0.1, 0.15) is 0 Å². The number of aliphatic carboxylic acids is 1. The van der Waals surface area contributed by atoms with Crippen LogP contribution in [0.25, 0.3) is 0 Å². The molecule has 16 heavy (non-hydrogen) atoms. The first kappa shape index (κ1) is 13.5. The van der Waals surface area contributed by atoms with E-state index in [0.29, 0.717) is 6.04 Å². The molecule has 0 amide bonds. The van der Waals surface area contributed by atoms with Gasteiger partial charge in [0.15, 0.2) is 0 Å². The zero-order valence-corrected chi connectivity index (χ0v) is 10.5. The van der Waals surface area contributed by atoms with Crippen LogP contribution >= 0.6 is 0 Å². The normalized spacial score (nSPS) is 26.1. The highest BCUT2D eigenvalue weighted by Crippen LogP contribution is 2.28. The minimum Gasteiger partial charge on any atom is -0.481 e. The Morgan fingerprint density at radius 1 is 1.38 bits per heavy atom.